The number of nitrogens with two attached hydrogens (primary N) is 1. The van der Waals surface area contributed by atoms with Gasteiger partial charge in [0.1, 0.15) is 5.82 Å². The number of nitrogens with zero attached hydrogens (tertiary/aromatic N) is 4. The minimum atomic E-state index is -3.82. The number of H-pyrrole nitrogens is 1. The summed E-state index contributed by atoms with van der Waals surface area (Å²) in [5.74, 6) is -4.30. The Kier molecular flexibility index (Phi) is 3.58. The minimum Gasteiger partial charge on any atom is -0.384 e. The lowest BCUT2D eigenvalue weighted by molar-refractivity contribution is -0.114. The van der Waals surface area contributed by atoms with Crippen molar-refractivity contribution in [2.24, 2.45) is 5.11 Å². The van der Waals surface area contributed by atoms with E-state index in [1.165, 1.54) is 0 Å². The molecule has 0 aliphatic carbocycles. The standard InChI is InChI=1S/C10H11F2N6O3/c1-2-9(17-18-14)7(19)10(11,12)5(21-9)4-3-15-8(20)16-6(4)13/h3,5,7,19H,1-2H2,(H3,13,15,16,20)/t5-,7-,9-/m1/s1. The van der Waals surface area contributed by atoms with E-state index >= 15 is 0 Å². The Morgan fingerprint density at radius 2 is 2.38 bits per heavy atom. The van der Waals surface area contributed by atoms with Crippen molar-refractivity contribution in [3.8, 4) is 0 Å². The van der Waals surface area contributed by atoms with Crippen LogP contribution in [0.1, 0.15) is 18.1 Å². The zero-order chi connectivity index (χ0) is 15.8. The van der Waals surface area contributed by atoms with Gasteiger partial charge in [-0.15, -0.1) is 0 Å². The summed E-state index contributed by atoms with van der Waals surface area (Å²) in [5.41, 5.74) is 10.5. The fraction of sp³-hybridized carbons (Fsp3) is 0.500. The van der Waals surface area contributed by atoms with E-state index in [-0.39, 0.29) is 5.56 Å². The van der Waals surface area contributed by atoms with Gasteiger partial charge in [0, 0.05) is 16.7 Å². The van der Waals surface area contributed by atoms with Gasteiger partial charge in [-0.25, -0.2) is 13.6 Å². The van der Waals surface area contributed by atoms with Gasteiger partial charge in [-0.2, -0.15) is 4.98 Å². The Morgan fingerprint density at radius 3 is 2.90 bits per heavy atom. The van der Waals surface area contributed by atoms with Gasteiger partial charge in [-0.1, -0.05) is 12.0 Å². The second kappa shape index (κ2) is 4.95. The molecular weight excluding hydrogens is 290 g/mol. The van der Waals surface area contributed by atoms with E-state index in [0.717, 1.165) is 6.20 Å². The third-order valence-electron chi connectivity index (χ3n) is 3.19. The fourth-order valence-corrected chi connectivity index (χ4v) is 2.09. The Labute approximate surface area is 116 Å². The first-order valence-electron chi connectivity index (χ1n) is 5.73. The molecule has 0 unspecified atom stereocenters. The van der Waals surface area contributed by atoms with Crippen molar-refractivity contribution in [3.63, 3.8) is 0 Å². The number of anilines is 1. The van der Waals surface area contributed by atoms with E-state index < -0.39 is 41.8 Å². The third-order valence-corrected chi connectivity index (χ3v) is 3.19. The fourth-order valence-electron chi connectivity index (χ4n) is 2.09. The summed E-state index contributed by atoms with van der Waals surface area (Å²) >= 11 is 0. The normalized spacial score (nSPS) is 30.9. The van der Waals surface area contributed by atoms with Gasteiger partial charge >= 0.3 is 11.6 Å². The molecule has 1 radical (unpaired) electrons. The highest BCUT2D eigenvalue weighted by atomic mass is 19.3. The first-order chi connectivity index (χ1) is 9.78. The number of hydrogen-bond acceptors (Lipinski definition) is 6. The lowest BCUT2D eigenvalue weighted by Gasteiger charge is -2.24. The van der Waals surface area contributed by atoms with Crippen LogP contribution in [-0.2, 0) is 4.74 Å². The second-order valence-electron chi connectivity index (χ2n) is 4.41. The van der Waals surface area contributed by atoms with E-state index in [1.807, 2.05) is 0 Å². The van der Waals surface area contributed by atoms with E-state index in [0.29, 0.717) is 0 Å². The summed E-state index contributed by atoms with van der Waals surface area (Å²) in [7, 11) is 0. The highest BCUT2D eigenvalue weighted by Gasteiger charge is 2.66. The Balaban J connectivity index is 2.55. The van der Waals surface area contributed by atoms with Crippen molar-refractivity contribution in [1.82, 2.24) is 9.97 Å². The van der Waals surface area contributed by atoms with Crippen LogP contribution >= 0.6 is 0 Å². The molecule has 1 aromatic rings. The number of aromatic amines is 1. The second-order valence-corrected chi connectivity index (χ2v) is 4.41. The predicted octanol–water partition coefficient (Wildman–Crippen LogP) is 0.650. The van der Waals surface area contributed by atoms with Crippen molar-refractivity contribution < 1.29 is 18.6 Å². The molecule has 1 saturated heterocycles. The predicted molar refractivity (Wildman–Crippen MR) is 65.9 cm³/mol. The molecule has 1 fully saturated rings. The molecule has 11 heteroatoms. The molecule has 1 aliphatic rings. The Morgan fingerprint density at radius 1 is 1.71 bits per heavy atom. The number of ether oxygens (including phenoxy) is 1. The maximum absolute atomic E-state index is 14.2. The summed E-state index contributed by atoms with van der Waals surface area (Å²) in [6, 6.07) is 0. The van der Waals surface area contributed by atoms with Gasteiger partial charge in [-0.3, -0.25) is 0 Å². The number of nitrogen functional groups attached to an aromatic ring is 1. The number of aromatic nitrogens is 2. The highest BCUT2D eigenvalue weighted by molar-refractivity contribution is 5.40. The van der Waals surface area contributed by atoms with Crippen LogP contribution in [0.25, 0.3) is 10.4 Å². The lowest BCUT2D eigenvalue weighted by atomic mass is 9.97. The summed E-state index contributed by atoms with van der Waals surface area (Å²) < 4.78 is 33.5. The summed E-state index contributed by atoms with van der Waals surface area (Å²) in [5, 5.41) is 12.9. The number of aliphatic hydroxyl groups excluding tert-OH is 1. The minimum absolute atomic E-state index is 0.331. The number of hydrogen-bond donors (Lipinski definition) is 3. The third kappa shape index (κ3) is 2.20. The molecular formula is C10H11F2N6O3. The molecule has 113 valence electrons. The van der Waals surface area contributed by atoms with Gasteiger partial charge in [0.15, 0.2) is 17.9 Å². The van der Waals surface area contributed by atoms with Gasteiger partial charge in [0.05, 0.1) is 0 Å². The SMILES string of the molecule is [CH2]C[C@@]1(N=[N+]=[N-])O[C@H](c2c[nH]c(=O)nc2N)C(F)(F)[C@@H]1O. The zero-order valence-electron chi connectivity index (χ0n) is 10.5. The molecule has 0 saturated carbocycles. The number of azide groups is 1. The van der Waals surface area contributed by atoms with Crippen LogP contribution in [0.5, 0.6) is 0 Å². The van der Waals surface area contributed by atoms with Crippen molar-refractivity contribution in [2.45, 2.75) is 30.3 Å². The van der Waals surface area contributed by atoms with Crippen molar-refractivity contribution in [3.05, 3.63) is 39.6 Å². The first-order valence-corrected chi connectivity index (χ1v) is 5.73. The molecule has 3 atom stereocenters. The van der Waals surface area contributed by atoms with Crippen molar-refractivity contribution in [2.75, 3.05) is 5.73 Å². The van der Waals surface area contributed by atoms with E-state index in [9.17, 15) is 18.7 Å². The van der Waals surface area contributed by atoms with Crippen LogP contribution in [0.15, 0.2) is 16.1 Å². The molecule has 0 aromatic carbocycles. The summed E-state index contributed by atoms with van der Waals surface area (Å²) in [6.45, 7) is 3.35. The zero-order valence-corrected chi connectivity index (χ0v) is 10.5. The quantitative estimate of drug-likeness (QED) is 0.425. The maximum atomic E-state index is 14.2. The average Bonchev–Trinajstić information content (AvgIpc) is 2.61. The number of rotatable bonds is 3. The Bertz CT molecular complexity index is 658. The molecule has 21 heavy (non-hydrogen) atoms. The molecule has 1 aromatic heterocycles. The lowest BCUT2D eigenvalue weighted by Crippen LogP contribution is -2.44. The number of alkyl halides is 2. The van der Waals surface area contributed by atoms with Gasteiger partial charge < -0.3 is 20.6 Å². The van der Waals surface area contributed by atoms with Crippen LogP contribution in [-0.4, -0.2) is 32.8 Å². The van der Waals surface area contributed by atoms with Gasteiger partial charge in [0.25, 0.3) is 0 Å². The summed E-state index contributed by atoms with van der Waals surface area (Å²) in [4.78, 5) is 18.7. The van der Waals surface area contributed by atoms with Crippen molar-refractivity contribution in [1.29, 1.82) is 0 Å². The Hall–Kier alpha value is -2.23. The topological polar surface area (TPSA) is 150 Å². The van der Waals surface area contributed by atoms with Crippen LogP contribution in [0.2, 0.25) is 0 Å². The van der Waals surface area contributed by atoms with Crippen molar-refractivity contribution >= 4 is 5.82 Å². The summed E-state index contributed by atoms with van der Waals surface area (Å²) in [6.07, 6.45) is -3.98. The van der Waals surface area contributed by atoms with Crippen LogP contribution in [0, 0.1) is 6.92 Å². The molecule has 1 aliphatic heterocycles. The largest absolute Gasteiger partial charge is 0.384 e. The molecule has 0 bridgehead atoms. The number of aliphatic hydroxyl groups is 1. The monoisotopic (exact) mass is 301 g/mol. The molecule has 2 heterocycles. The van der Waals surface area contributed by atoms with Crippen LogP contribution < -0.4 is 11.4 Å². The molecule has 0 amide bonds. The number of halogens is 2. The smallest absolute Gasteiger partial charge is 0.346 e. The molecule has 4 N–H and O–H groups in total. The number of nitrogens with one attached hydrogen (secondary N) is 1. The maximum Gasteiger partial charge on any atom is 0.346 e. The highest BCUT2D eigenvalue weighted by Crippen LogP contribution is 2.52. The first kappa shape index (κ1) is 15.2. The molecule has 0 spiro atoms. The molecule has 2 rings (SSSR count). The van der Waals surface area contributed by atoms with Crippen LogP contribution in [0.4, 0.5) is 14.6 Å². The van der Waals surface area contributed by atoms with Gasteiger partial charge in [-0.05, 0) is 12.0 Å². The van der Waals surface area contributed by atoms with Crippen LogP contribution in [0.3, 0.4) is 0 Å². The van der Waals surface area contributed by atoms with E-state index in [4.69, 9.17) is 16.0 Å². The molecule has 9 nitrogen and oxygen atoms in total. The van der Waals surface area contributed by atoms with Gasteiger partial charge in [0.2, 0.25) is 0 Å². The van der Waals surface area contributed by atoms with E-state index in [1.54, 1.807) is 0 Å². The van der Waals surface area contributed by atoms with E-state index in [2.05, 4.69) is 26.9 Å². The average molecular weight is 301 g/mol.